The number of carbonyl (C=O) groups is 2. The molecule has 2 aliphatic heterocycles. The summed E-state index contributed by atoms with van der Waals surface area (Å²) < 4.78 is 23.9. The van der Waals surface area contributed by atoms with E-state index >= 15 is 0 Å². The van der Waals surface area contributed by atoms with Gasteiger partial charge in [-0.15, -0.1) is 0 Å². The topological polar surface area (TPSA) is 71.1 Å². The van der Waals surface area contributed by atoms with Crippen LogP contribution in [0.4, 0.5) is 0 Å². The Bertz CT molecular complexity index is 703. The molecule has 4 fully saturated rings. The second-order valence-corrected chi connectivity index (χ2v) is 10.8. The van der Waals surface area contributed by atoms with Gasteiger partial charge in [0.15, 0.2) is 0 Å². The summed E-state index contributed by atoms with van der Waals surface area (Å²) in [6, 6.07) is 0. The highest BCUT2D eigenvalue weighted by Crippen LogP contribution is 2.69. The van der Waals surface area contributed by atoms with Crippen LogP contribution in [0.1, 0.15) is 79.6 Å². The summed E-state index contributed by atoms with van der Waals surface area (Å²) in [5.41, 5.74) is -1.19. The Balaban J connectivity index is 1.76. The molecule has 0 aromatic heterocycles. The quantitative estimate of drug-likeness (QED) is 0.643. The number of esters is 2. The maximum atomic E-state index is 12.1. The molecule has 2 heterocycles. The number of fused-ring (bicyclic) bond motifs is 2. The Hall–Kier alpha value is -1.14. The molecule has 0 bridgehead atoms. The standard InChI is InChI=1S/C23H36O6/c1-14-12-16(27-15(2)24)18-20(3,4)8-7-9-21(18,5)23(14)11-10-22(29-23)13-17(25)28-19(22)26-6/h14,16,18-19H,7-13H2,1-6H3. The van der Waals surface area contributed by atoms with Gasteiger partial charge in [-0.3, -0.25) is 9.59 Å². The van der Waals surface area contributed by atoms with Crippen LogP contribution in [0.5, 0.6) is 0 Å². The molecule has 0 aromatic rings. The fourth-order valence-corrected chi connectivity index (χ4v) is 7.80. The molecular weight excluding hydrogens is 372 g/mol. The lowest BCUT2D eigenvalue weighted by atomic mass is 9.43. The number of hydrogen-bond acceptors (Lipinski definition) is 6. The Kier molecular flexibility index (Phi) is 4.86. The second-order valence-electron chi connectivity index (χ2n) is 10.8. The predicted molar refractivity (Wildman–Crippen MR) is 106 cm³/mol. The van der Waals surface area contributed by atoms with Crippen LogP contribution in [0.15, 0.2) is 0 Å². The summed E-state index contributed by atoms with van der Waals surface area (Å²) in [6.45, 7) is 10.7. The third-order valence-corrected chi connectivity index (χ3v) is 8.71. The summed E-state index contributed by atoms with van der Waals surface area (Å²) in [4.78, 5) is 24.0. The normalized spacial score (nSPS) is 48.6. The number of carbonyl (C=O) groups excluding carboxylic acids is 2. The van der Waals surface area contributed by atoms with Crippen LogP contribution in [0.25, 0.3) is 0 Å². The lowest BCUT2D eigenvalue weighted by molar-refractivity contribution is -0.293. The molecule has 0 aromatic carbocycles. The number of ether oxygens (including phenoxy) is 4. The first-order valence-electron chi connectivity index (χ1n) is 11.1. The first-order chi connectivity index (χ1) is 13.5. The number of hydrogen-bond donors (Lipinski definition) is 0. The van der Waals surface area contributed by atoms with Crippen molar-refractivity contribution in [1.82, 2.24) is 0 Å². The Morgan fingerprint density at radius 2 is 1.86 bits per heavy atom. The molecule has 0 amide bonds. The van der Waals surface area contributed by atoms with Crippen LogP contribution in [-0.4, -0.2) is 42.6 Å². The zero-order valence-electron chi connectivity index (χ0n) is 18.7. The van der Waals surface area contributed by atoms with Gasteiger partial charge < -0.3 is 18.9 Å². The van der Waals surface area contributed by atoms with Crippen LogP contribution < -0.4 is 0 Å². The molecule has 4 aliphatic rings. The van der Waals surface area contributed by atoms with E-state index in [0.717, 1.165) is 38.5 Å². The molecule has 0 N–H and O–H groups in total. The van der Waals surface area contributed by atoms with E-state index in [4.69, 9.17) is 18.9 Å². The number of cyclic esters (lactones) is 1. The van der Waals surface area contributed by atoms with E-state index in [1.54, 1.807) is 7.11 Å². The molecule has 2 spiro atoms. The highest BCUT2D eigenvalue weighted by Gasteiger charge is 2.72. The van der Waals surface area contributed by atoms with E-state index < -0.39 is 11.9 Å². The van der Waals surface area contributed by atoms with Gasteiger partial charge in [0.05, 0.1) is 12.0 Å². The molecule has 164 valence electrons. The molecule has 4 rings (SSSR count). The predicted octanol–water partition coefficient (Wildman–Crippen LogP) is 4.00. The Labute approximate surface area is 174 Å². The van der Waals surface area contributed by atoms with Crippen molar-refractivity contribution in [3.63, 3.8) is 0 Å². The van der Waals surface area contributed by atoms with Crippen LogP contribution >= 0.6 is 0 Å². The van der Waals surface area contributed by atoms with Gasteiger partial charge >= 0.3 is 11.9 Å². The summed E-state index contributed by atoms with van der Waals surface area (Å²) in [7, 11) is 1.58. The fourth-order valence-electron chi connectivity index (χ4n) is 7.80. The fraction of sp³-hybridized carbons (Fsp3) is 0.913. The summed E-state index contributed by atoms with van der Waals surface area (Å²) in [5, 5.41) is 0. The number of rotatable bonds is 2. The smallest absolute Gasteiger partial charge is 0.311 e. The highest BCUT2D eigenvalue weighted by molar-refractivity contribution is 5.73. The molecule has 7 unspecified atom stereocenters. The van der Waals surface area contributed by atoms with Crippen molar-refractivity contribution in [3.05, 3.63) is 0 Å². The summed E-state index contributed by atoms with van der Waals surface area (Å²) in [5.74, 6) is -0.0478. The van der Waals surface area contributed by atoms with E-state index in [9.17, 15) is 9.59 Å². The van der Waals surface area contributed by atoms with Crippen molar-refractivity contribution < 1.29 is 28.5 Å². The third-order valence-electron chi connectivity index (χ3n) is 8.71. The van der Waals surface area contributed by atoms with E-state index in [2.05, 4.69) is 27.7 Å². The summed E-state index contributed by atoms with van der Waals surface area (Å²) in [6.07, 6.45) is 5.18. The van der Waals surface area contributed by atoms with E-state index in [0.29, 0.717) is 0 Å². The first kappa shape index (κ1) is 21.1. The lowest BCUT2D eigenvalue weighted by Crippen LogP contribution is -2.67. The molecule has 6 nitrogen and oxygen atoms in total. The minimum atomic E-state index is -0.705. The van der Waals surface area contributed by atoms with Gasteiger partial charge in [-0.2, -0.15) is 0 Å². The van der Waals surface area contributed by atoms with Crippen LogP contribution in [0, 0.1) is 22.7 Å². The average Bonchev–Trinajstić information content (AvgIpc) is 3.13. The van der Waals surface area contributed by atoms with Crippen molar-refractivity contribution in [2.24, 2.45) is 22.7 Å². The van der Waals surface area contributed by atoms with Gasteiger partial charge in [-0.25, -0.2) is 0 Å². The largest absolute Gasteiger partial charge is 0.462 e. The molecule has 29 heavy (non-hydrogen) atoms. The van der Waals surface area contributed by atoms with Gasteiger partial charge in [0.2, 0.25) is 6.29 Å². The third kappa shape index (κ3) is 2.88. The second kappa shape index (κ2) is 6.68. The van der Waals surface area contributed by atoms with E-state index in [1.807, 2.05) is 0 Å². The maximum absolute atomic E-state index is 12.1. The van der Waals surface area contributed by atoms with Gasteiger partial charge in [0.1, 0.15) is 11.7 Å². The zero-order valence-corrected chi connectivity index (χ0v) is 18.7. The van der Waals surface area contributed by atoms with Gasteiger partial charge in [-0.1, -0.05) is 34.1 Å². The number of methoxy groups -OCH3 is 1. The Morgan fingerprint density at radius 1 is 1.14 bits per heavy atom. The van der Waals surface area contributed by atoms with Crippen LogP contribution in [0.3, 0.4) is 0 Å². The average molecular weight is 409 g/mol. The first-order valence-corrected chi connectivity index (χ1v) is 11.1. The lowest BCUT2D eigenvalue weighted by Gasteiger charge is -2.65. The molecule has 6 heteroatoms. The molecule has 2 saturated heterocycles. The minimum Gasteiger partial charge on any atom is -0.462 e. The van der Waals surface area contributed by atoms with Gasteiger partial charge in [0, 0.05) is 25.4 Å². The van der Waals surface area contributed by atoms with Crippen LogP contribution in [0.2, 0.25) is 0 Å². The van der Waals surface area contributed by atoms with Gasteiger partial charge in [0.25, 0.3) is 0 Å². The van der Waals surface area contributed by atoms with Crippen LogP contribution in [-0.2, 0) is 28.5 Å². The molecular formula is C23H36O6. The zero-order chi connectivity index (χ0) is 21.2. The molecule has 2 aliphatic carbocycles. The van der Waals surface area contributed by atoms with Crippen molar-refractivity contribution in [1.29, 1.82) is 0 Å². The molecule has 2 saturated carbocycles. The Morgan fingerprint density at radius 3 is 2.52 bits per heavy atom. The van der Waals surface area contributed by atoms with Gasteiger partial charge in [-0.05, 0) is 43.4 Å². The summed E-state index contributed by atoms with van der Waals surface area (Å²) >= 11 is 0. The molecule has 0 radical (unpaired) electrons. The van der Waals surface area contributed by atoms with Crippen molar-refractivity contribution in [3.8, 4) is 0 Å². The minimum absolute atomic E-state index is 0.0437. The van der Waals surface area contributed by atoms with E-state index in [-0.39, 0.29) is 52.7 Å². The SMILES string of the molecule is COC1OC(=O)CC12CCC1(O2)C(C)CC(OC(C)=O)C2C(C)(C)CCCC21C. The van der Waals surface area contributed by atoms with Crippen molar-refractivity contribution in [2.45, 2.75) is 103 Å². The van der Waals surface area contributed by atoms with E-state index in [1.165, 1.54) is 6.92 Å². The molecule has 7 atom stereocenters. The monoisotopic (exact) mass is 408 g/mol. The maximum Gasteiger partial charge on any atom is 0.311 e. The van der Waals surface area contributed by atoms with Crippen molar-refractivity contribution in [2.75, 3.05) is 7.11 Å². The highest BCUT2D eigenvalue weighted by atomic mass is 16.7. The van der Waals surface area contributed by atoms with Crippen molar-refractivity contribution >= 4 is 11.9 Å².